The van der Waals surface area contributed by atoms with Gasteiger partial charge in [0.15, 0.2) is 0 Å². The number of hydrogen-bond donors (Lipinski definition) is 1. The first-order valence-electron chi connectivity index (χ1n) is 21.8. The van der Waals surface area contributed by atoms with Gasteiger partial charge < -0.3 is 10.2 Å². The van der Waals surface area contributed by atoms with Crippen molar-refractivity contribution in [1.29, 1.82) is 21.0 Å². The molecule has 20 heteroatoms. The molecule has 0 amide bonds. The van der Waals surface area contributed by atoms with Crippen LogP contribution >= 0.6 is 23.5 Å². The Morgan fingerprint density at radius 3 is 1.41 bits per heavy atom. The van der Waals surface area contributed by atoms with Crippen LogP contribution < -0.4 is 5.32 Å². The van der Waals surface area contributed by atoms with E-state index in [2.05, 4.69) is 54.5 Å². The van der Waals surface area contributed by atoms with Crippen LogP contribution in [0.2, 0.25) is 0 Å². The van der Waals surface area contributed by atoms with E-state index in [9.17, 15) is 38.6 Å². The Bertz CT molecular complexity index is 3460. The van der Waals surface area contributed by atoms with E-state index in [-0.39, 0.29) is 20.9 Å². The summed E-state index contributed by atoms with van der Waals surface area (Å²) < 4.78 is 64.0. The molecular formula is C49H40F4N14S2. The first kappa shape index (κ1) is 46.6. The molecule has 0 radical (unpaired) electrons. The van der Waals surface area contributed by atoms with Crippen molar-refractivity contribution in [3.05, 3.63) is 130 Å². The molecule has 0 spiro atoms. The molecule has 8 heterocycles. The van der Waals surface area contributed by atoms with Gasteiger partial charge in [0.2, 0.25) is 0 Å². The van der Waals surface area contributed by atoms with Gasteiger partial charge in [-0.05, 0) is 97.0 Å². The van der Waals surface area contributed by atoms with Crippen LogP contribution in [0.4, 0.5) is 17.6 Å². The molecule has 0 bridgehead atoms. The number of pyridine rings is 2. The van der Waals surface area contributed by atoms with Gasteiger partial charge in [-0.3, -0.25) is 9.36 Å². The third-order valence-electron chi connectivity index (χ3n) is 12.5. The number of benzene rings is 2. The lowest BCUT2D eigenvalue weighted by atomic mass is 10.0. The standard InChI is InChI=1S/C25H21F2N7S.C24H19F2N7S/c1-15-21(13-31-34(15)20-3-5-32(2)6-4-20)17-8-23(24-18(11-29)12-30-33(24)14-17)35-25-16(10-28)7-19(26)9-22(25)27;1-14-20(12-31-33(14)19-2-4-29-5-3-19)16-7-22(23-17(10-28)11-30-32(23)13-16)34-24-15(9-27)6-18(25)8-21(24)26/h7-9,12-14,20H,3-6H2,1-2H3;6-8,11-13,19,29H,2-5H2,1H3. The number of nitrogens with one attached hydrogen (secondary N) is 1. The van der Waals surface area contributed by atoms with Crippen molar-refractivity contribution in [2.24, 2.45) is 0 Å². The second kappa shape index (κ2) is 19.6. The molecule has 14 nitrogen and oxygen atoms in total. The third-order valence-corrected chi connectivity index (χ3v) is 14.8. The van der Waals surface area contributed by atoms with Crippen LogP contribution in [-0.2, 0) is 0 Å². The number of likely N-dealkylation sites (tertiary alicyclic amines) is 1. The number of nitrogens with zero attached hydrogens (tertiary/aromatic N) is 13. The van der Waals surface area contributed by atoms with Crippen LogP contribution in [0.3, 0.4) is 0 Å². The maximum atomic E-state index is 14.7. The summed E-state index contributed by atoms with van der Waals surface area (Å²) in [7, 11) is 2.12. The van der Waals surface area contributed by atoms with Crippen molar-refractivity contribution in [2.45, 2.75) is 71.2 Å². The second-order valence-electron chi connectivity index (χ2n) is 16.8. The fourth-order valence-corrected chi connectivity index (χ4v) is 11.1. The maximum Gasteiger partial charge on any atom is 0.141 e. The van der Waals surface area contributed by atoms with Gasteiger partial charge in [-0.1, -0.05) is 23.5 Å². The lowest BCUT2D eigenvalue weighted by molar-refractivity contribution is 0.210. The molecule has 1 N–H and O–H groups in total. The van der Waals surface area contributed by atoms with Crippen molar-refractivity contribution in [3.8, 4) is 46.5 Å². The van der Waals surface area contributed by atoms with Gasteiger partial charge in [0.25, 0.3) is 0 Å². The largest absolute Gasteiger partial charge is 0.317 e. The summed E-state index contributed by atoms with van der Waals surface area (Å²) >= 11 is 1.95. The zero-order valence-corrected chi connectivity index (χ0v) is 39.0. The molecule has 0 atom stereocenters. The number of rotatable bonds is 8. The van der Waals surface area contributed by atoms with Gasteiger partial charge in [0.05, 0.1) is 79.9 Å². The summed E-state index contributed by atoms with van der Waals surface area (Å²) in [5.74, 6) is -3.31. The Hall–Kier alpha value is -7.46. The summed E-state index contributed by atoms with van der Waals surface area (Å²) in [4.78, 5) is 3.36. The summed E-state index contributed by atoms with van der Waals surface area (Å²) in [6, 6.07) is 15.8. The monoisotopic (exact) mass is 964 g/mol. The smallest absolute Gasteiger partial charge is 0.141 e. The molecule has 2 saturated heterocycles. The highest BCUT2D eigenvalue weighted by molar-refractivity contribution is 8.00. The highest BCUT2D eigenvalue weighted by atomic mass is 32.2. The Kier molecular flexibility index (Phi) is 13.3. The molecule has 8 aromatic rings. The number of piperidine rings is 2. The first-order valence-corrected chi connectivity index (χ1v) is 23.5. The molecule has 0 unspecified atom stereocenters. The molecule has 69 heavy (non-hydrogen) atoms. The zero-order valence-electron chi connectivity index (χ0n) is 37.4. The van der Waals surface area contributed by atoms with Crippen LogP contribution in [0, 0.1) is 82.4 Å². The average molecular weight is 965 g/mol. The Morgan fingerprint density at radius 2 is 0.986 bits per heavy atom. The minimum absolute atomic E-state index is 0.00298. The summed E-state index contributed by atoms with van der Waals surface area (Å²) in [5, 5.41) is 59.4. The fraction of sp³-hybridized carbons (Fsp3) is 0.265. The van der Waals surface area contributed by atoms with Crippen molar-refractivity contribution < 1.29 is 17.6 Å². The molecule has 10 rings (SSSR count). The van der Waals surface area contributed by atoms with Crippen LogP contribution in [-0.4, -0.2) is 76.9 Å². The Balaban J connectivity index is 0.000000172. The number of aromatic nitrogens is 8. The number of nitriles is 4. The zero-order chi connectivity index (χ0) is 48.5. The first-order chi connectivity index (χ1) is 33.4. The van der Waals surface area contributed by atoms with Gasteiger partial charge >= 0.3 is 0 Å². The molecular weight excluding hydrogens is 925 g/mol. The van der Waals surface area contributed by atoms with Gasteiger partial charge in [0, 0.05) is 68.0 Å². The normalized spacial score (nSPS) is 14.5. The molecule has 0 saturated carbocycles. The molecule has 2 aliphatic heterocycles. The van der Waals surface area contributed by atoms with E-state index in [0.717, 1.165) is 133 Å². The van der Waals surface area contributed by atoms with Crippen LogP contribution in [0.1, 0.15) is 71.4 Å². The Morgan fingerprint density at radius 1 is 0.565 bits per heavy atom. The van der Waals surface area contributed by atoms with E-state index in [1.54, 1.807) is 15.2 Å². The van der Waals surface area contributed by atoms with E-state index >= 15 is 0 Å². The minimum atomic E-state index is -0.835. The maximum absolute atomic E-state index is 14.7. The predicted molar refractivity (Wildman–Crippen MR) is 249 cm³/mol. The molecule has 2 aliphatic rings. The summed E-state index contributed by atoms with van der Waals surface area (Å²) in [6.45, 7) is 7.95. The van der Waals surface area contributed by atoms with E-state index in [0.29, 0.717) is 44.0 Å². The quantitative estimate of drug-likeness (QED) is 0.143. The lowest BCUT2D eigenvalue weighted by Gasteiger charge is -2.29. The molecule has 2 fully saturated rings. The second-order valence-corrected chi connectivity index (χ2v) is 18.9. The van der Waals surface area contributed by atoms with Gasteiger partial charge in [-0.2, -0.15) is 41.4 Å². The number of hydrogen-bond acceptors (Lipinski definition) is 12. The topological polar surface area (TPSA) is 181 Å². The Labute approximate surface area is 402 Å². The van der Waals surface area contributed by atoms with Crippen LogP contribution in [0.15, 0.2) is 93.2 Å². The van der Waals surface area contributed by atoms with Crippen molar-refractivity contribution in [3.63, 3.8) is 0 Å². The lowest BCUT2D eigenvalue weighted by Crippen LogP contribution is -2.32. The van der Waals surface area contributed by atoms with E-state index < -0.39 is 23.3 Å². The minimum Gasteiger partial charge on any atom is -0.317 e. The van der Waals surface area contributed by atoms with Crippen LogP contribution in [0.25, 0.3) is 33.3 Å². The highest BCUT2D eigenvalue weighted by Crippen LogP contribution is 2.41. The highest BCUT2D eigenvalue weighted by Gasteiger charge is 2.25. The molecule has 346 valence electrons. The average Bonchev–Trinajstić information content (AvgIpc) is 4.16. The predicted octanol–water partition coefficient (Wildman–Crippen LogP) is 9.55. The number of halogens is 4. The molecule has 6 aromatic heterocycles. The summed E-state index contributed by atoms with van der Waals surface area (Å²) in [6.07, 6.45) is 14.2. The fourth-order valence-electron chi connectivity index (χ4n) is 8.94. The summed E-state index contributed by atoms with van der Waals surface area (Å²) in [5.41, 5.74) is 6.80. The van der Waals surface area contributed by atoms with Crippen molar-refractivity contribution in [1.82, 2.24) is 49.0 Å². The molecule has 2 aromatic carbocycles. The molecule has 0 aliphatic carbocycles. The van der Waals surface area contributed by atoms with Crippen molar-refractivity contribution >= 4 is 34.6 Å². The third kappa shape index (κ3) is 9.15. The van der Waals surface area contributed by atoms with Gasteiger partial charge in [-0.25, -0.2) is 26.6 Å². The van der Waals surface area contributed by atoms with Crippen LogP contribution in [0.5, 0.6) is 0 Å². The SMILES string of the molecule is Cc1c(-c2cc(Sc3c(F)cc(F)cc3C#N)c3c(C#N)cnn3c2)cnn1C1CCN(C)CC1.Cc1c(-c2cc(Sc3c(F)cc(F)cc3C#N)c3c(C#N)cnn3c2)cnn1C1CCNCC1. The van der Waals surface area contributed by atoms with E-state index in [1.165, 1.54) is 12.4 Å². The van der Waals surface area contributed by atoms with Gasteiger partial charge in [-0.15, -0.1) is 0 Å². The van der Waals surface area contributed by atoms with Gasteiger partial charge in [0.1, 0.15) is 47.5 Å². The van der Waals surface area contributed by atoms with Crippen molar-refractivity contribution in [2.75, 3.05) is 33.2 Å². The number of fused-ring (bicyclic) bond motifs is 2. The van der Waals surface area contributed by atoms with E-state index in [1.807, 2.05) is 61.4 Å². The van der Waals surface area contributed by atoms with E-state index in [4.69, 9.17) is 0 Å².